The average Bonchev–Trinajstić information content (AvgIpc) is 2.92. The van der Waals surface area contributed by atoms with Crippen molar-refractivity contribution in [2.24, 2.45) is 5.92 Å². The molecular weight excluding hydrogens is 346 g/mol. The number of carbonyl (C=O) groups excluding carboxylic acids is 2. The lowest BCUT2D eigenvalue weighted by Crippen LogP contribution is -2.21. The van der Waals surface area contributed by atoms with Gasteiger partial charge in [-0.15, -0.1) is 0 Å². The van der Waals surface area contributed by atoms with E-state index in [-0.39, 0.29) is 18.5 Å². The van der Waals surface area contributed by atoms with Crippen LogP contribution in [0, 0.1) is 5.92 Å². The average molecular weight is 375 g/mol. The van der Waals surface area contributed by atoms with Gasteiger partial charge in [-0.3, -0.25) is 9.59 Å². The highest BCUT2D eigenvalue weighted by atomic mass is 16.5. The lowest BCUT2D eigenvalue weighted by atomic mass is 9.86. The Labute approximate surface area is 160 Å². The second-order valence-corrected chi connectivity index (χ2v) is 7.32. The number of rotatable bonds is 7. The molecule has 6 nitrogen and oxygen atoms in total. The Morgan fingerprint density at radius 1 is 1.04 bits per heavy atom. The van der Waals surface area contributed by atoms with Gasteiger partial charge < -0.3 is 19.5 Å². The van der Waals surface area contributed by atoms with Gasteiger partial charge in [0, 0.05) is 24.6 Å². The van der Waals surface area contributed by atoms with Crippen molar-refractivity contribution in [3.05, 3.63) is 18.2 Å². The molecule has 148 valence electrons. The van der Waals surface area contributed by atoms with Crippen molar-refractivity contribution in [3.63, 3.8) is 0 Å². The van der Waals surface area contributed by atoms with E-state index in [0.29, 0.717) is 36.8 Å². The molecule has 27 heavy (non-hydrogen) atoms. The first-order valence-electron chi connectivity index (χ1n) is 10.1. The summed E-state index contributed by atoms with van der Waals surface area (Å²) in [5, 5.41) is 2.72. The Morgan fingerprint density at radius 3 is 2.63 bits per heavy atom. The van der Waals surface area contributed by atoms with Crippen LogP contribution in [0.3, 0.4) is 0 Å². The molecular formula is C21H29NO5. The highest BCUT2D eigenvalue weighted by molar-refractivity contribution is 5.93. The minimum absolute atomic E-state index is 0.267. The Bertz CT molecular complexity index is 639. The summed E-state index contributed by atoms with van der Waals surface area (Å²) in [4.78, 5) is 23.8. The fourth-order valence-corrected chi connectivity index (χ4v) is 3.67. The zero-order chi connectivity index (χ0) is 18.9. The van der Waals surface area contributed by atoms with Crippen molar-refractivity contribution >= 4 is 17.6 Å². The number of hydrogen-bond donors (Lipinski definition) is 1. The summed E-state index contributed by atoms with van der Waals surface area (Å²) in [5.41, 5.74) is 0.595. The van der Waals surface area contributed by atoms with Crippen LogP contribution >= 0.6 is 0 Å². The van der Waals surface area contributed by atoms with E-state index >= 15 is 0 Å². The van der Waals surface area contributed by atoms with Crippen molar-refractivity contribution in [2.75, 3.05) is 25.1 Å². The van der Waals surface area contributed by atoms with Crippen molar-refractivity contribution in [2.45, 2.75) is 57.8 Å². The first kappa shape index (κ1) is 19.5. The number of fused-ring (bicyclic) bond motifs is 1. The van der Waals surface area contributed by atoms with E-state index in [9.17, 15) is 9.59 Å². The molecule has 3 rings (SSSR count). The molecule has 0 spiro atoms. The molecule has 1 heterocycles. The lowest BCUT2D eigenvalue weighted by Gasteiger charge is -2.20. The van der Waals surface area contributed by atoms with Gasteiger partial charge in [0.1, 0.15) is 0 Å². The third-order valence-electron chi connectivity index (χ3n) is 5.11. The van der Waals surface area contributed by atoms with Gasteiger partial charge in [-0.2, -0.15) is 0 Å². The van der Waals surface area contributed by atoms with Gasteiger partial charge in [-0.25, -0.2) is 0 Å². The van der Waals surface area contributed by atoms with Crippen LogP contribution in [-0.2, 0) is 14.3 Å². The number of benzene rings is 1. The molecule has 0 saturated heterocycles. The number of ether oxygens (including phenoxy) is 3. The fourth-order valence-electron chi connectivity index (χ4n) is 3.67. The number of carbonyl (C=O) groups is 2. The number of amides is 1. The van der Waals surface area contributed by atoms with Crippen LogP contribution in [0.2, 0.25) is 0 Å². The Balaban J connectivity index is 1.35. The number of esters is 1. The maximum Gasteiger partial charge on any atom is 0.306 e. The molecule has 1 amide bonds. The van der Waals surface area contributed by atoms with Gasteiger partial charge in [0.15, 0.2) is 18.1 Å². The van der Waals surface area contributed by atoms with Crippen molar-refractivity contribution in [1.82, 2.24) is 0 Å². The molecule has 0 radical (unpaired) electrons. The van der Waals surface area contributed by atoms with Crippen molar-refractivity contribution < 1.29 is 23.8 Å². The summed E-state index contributed by atoms with van der Waals surface area (Å²) >= 11 is 0. The second kappa shape index (κ2) is 10.2. The molecule has 0 aromatic heterocycles. The van der Waals surface area contributed by atoms with Gasteiger partial charge >= 0.3 is 5.97 Å². The van der Waals surface area contributed by atoms with E-state index in [0.717, 1.165) is 25.2 Å². The van der Waals surface area contributed by atoms with Crippen LogP contribution in [0.25, 0.3) is 0 Å². The fraction of sp³-hybridized carbons (Fsp3) is 0.619. The molecule has 1 fully saturated rings. The highest BCUT2D eigenvalue weighted by Gasteiger charge is 2.15. The predicted molar refractivity (Wildman–Crippen MR) is 102 cm³/mol. The third-order valence-corrected chi connectivity index (χ3v) is 5.11. The summed E-state index contributed by atoms with van der Waals surface area (Å²) in [6.45, 7) is 0.939. The molecule has 1 aliphatic heterocycles. The van der Waals surface area contributed by atoms with E-state index in [1.165, 1.54) is 32.1 Å². The van der Waals surface area contributed by atoms with Crippen molar-refractivity contribution in [3.8, 4) is 11.5 Å². The summed E-state index contributed by atoms with van der Waals surface area (Å²) in [6, 6.07) is 5.25. The molecule has 1 aromatic carbocycles. The zero-order valence-corrected chi connectivity index (χ0v) is 15.8. The number of nitrogens with one attached hydrogen (secondary N) is 1. The smallest absolute Gasteiger partial charge is 0.306 e. The SMILES string of the molecule is O=C(COC(=O)CCCC1CCCCC1)Nc1ccc2c(c1)OCCCO2. The van der Waals surface area contributed by atoms with Crippen LogP contribution in [-0.4, -0.2) is 31.7 Å². The molecule has 0 unspecified atom stereocenters. The first-order chi connectivity index (χ1) is 13.2. The Hall–Kier alpha value is -2.24. The molecule has 6 heteroatoms. The largest absolute Gasteiger partial charge is 0.490 e. The maximum absolute atomic E-state index is 12.0. The standard InChI is InChI=1S/C21H29NO5/c23-20(15-27-21(24)9-4-8-16-6-2-1-3-7-16)22-17-10-11-18-19(14-17)26-13-5-12-25-18/h10-11,14,16H,1-9,12-13,15H2,(H,22,23). The van der Waals surface area contributed by atoms with Crippen LogP contribution in [0.1, 0.15) is 57.8 Å². The van der Waals surface area contributed by atoms with E-state index in [2.05, 4.69) is 5.32 Å². The maximum atomic E-state index is 12.0. The van der Waals surface area contributed by atoms with E-state index in [1.807, 2.05) is 0 Å². The van der Waals surface area contributed by atoms with Gasteiger partial charge in [0.25, 0.3) is 5.91 Å². The molecule has 0 bridgehead atoms. The summed E-state index contributed by atoms with van der Waals surface area (Å²) in [5.74, 6) is 1.39. The first-order valence-corrected chi connectivity index (χ1v) is 10.1. The number of anilines is 1. The minimum Gasteiger partial charge on any atom is -0.490 e. The molecule has 1 N–H and O–H groups in total. The Morgan fingerprint density at radius 2 is 1.81 bits per heavy atom. The van der Waals surface area contributed by atoms with E-state index in [1.54, 1.807) is 18.2 Å². The second-order valence-electron chi connectivity index (χ2n) is 7.32. The lowest BCUT2D eigenvalue weighted by molar-refractivity contribution is -0.147. The monoisotopic (exact) mass is 375 g/mol. The third kappa shape index (κ3) is 6.45. The summed E-state index contributed by atoms with van der Waals surface area (Å²) in [6.07, 6.45) is 9.67. The number of hydrogen-bond acceptors (Lipinski definition) is 5. The van der Waals surface area contributed by atoms with Crippen LogP contribution in [0.4, 0.5) is 5.69 Å². The summed E-state index contributed by atoms with van der Waals surface area (Å²) in [7, 11) is 0. The molecule has 0 atom stereocenters. The normalized spacial score (nSPS) is 17.0. The van der Waals surface area contributed by atoms with Gasteiger partial charge in [0.2, 0.25) is 0 Å². The van der Waals surface area contributed by atoms with Crippen LogP contribution < -0.4 is 14.8 Å². The molecule has 1 aliphatic carbocycles. The van der Waals surface area contributed by atoms with E-state index in [4.69, 9.17) is 14.2 Å². The Kier molecular flexibility index (Phi) is 7.36. The predicted octanol–water partition coefficient (Wildman–Crippen LogP) is 4.08. The minimum atomic E-state index is -0.356. The van der Waals surface area contributed by atoms with Gasteiger partial charge in [0.05, 0.1) is 13.2 Å². The molecule has 1 saturated carbocycles. The van der Waals surface area contributed by atoms with E-state index < -0.39 is 0 Å². The quantitative estimate of drug-likeness (QED) is 0.727. The molecule has 2 aliphatic rings. The van der Waals surface area contributed by atoms with Gasteiger partial charge in [-0.05, 0) is 30.9 Å². The highest BCUT2D eigenvalue weighted by Crippen LogP contribution is 2.32. The van der Waals surface area contributed by atoms with Crippen molar-refractivity contribution in [1.29, 1.82) is 0 Å². The topological polar surface area (TPSA) is 73.9 Å². The van der Waals surface area contributed by atoms with Crippen LogP contribution in [0.5, 0.6) is 11.5 Å². The van der Waals surface area contributed by atoms with Gasteiger partial charge in [-0.1, -0.05) is 32.1 Å². The zero-order valence-electron chi connectivity index (χ0n) is 15.8. The van der Waals surface area contributed by atoms with Crippen LogP contribution in [0.15, 0.2) is 18.2 Å². The molecule has 1 aromatic rings. The summed E-state index contributed by atoms with van der Waals surface area (Å²) < 4.78 is 16.3.